The summed E-state index contributed by atoms with van der Waals surface area (Å²) in [5.74, 6) is -0.921. The third-order valence-corrected chi connectivity index (χ3v) is 2.50. The van der Waals surface area contributed by atoms with Crippen molar-refractivity contribution in [2.24, 2.45) is 0 Å². The van der Waals surface area contributed by atoms with Gasteiger partial charge in [-0.15, -0.1) is 0 Å². The first-order valence-corrected chi connectivity index (χ1v) is 6.31. The Hall–Kier alpha value is -1.88. The summed E-state index contributed by atoms with van der Waals surface area (Å²) >= 11 is 0. The van der Waals surface area contributed by atoms with E-state index in [-0.39, 0.29) is 12.3 Å². The molecule has 0 aliphatic heterocycles. The molecular weight excluding hydrogens is 244 g/mol. The van der Waals surface area contributed by atoms with Crippen LogP contribution in [0.25, 0.3) is 0 Å². The summed E-state index contributed by atoms with van der Waals surface area (Å²) in [7, 11) is 0. The minimum atomic E-state index is -0.864. The molecule has 5 heteroatoms. The molecule has 0 spiro atoms. The smallest absolute Gasteiger partial charge is 0.307 e. The number of anilines is 1. The minimum absolute atomic E-state index is 0.00741. The number of hydrogen-bond acceptors (Lipinski definition) is 3. The molecule has 1 rings (SSSR count). The van der Waals surface area contributed by atoms with Crippen LogP contribution in [0.15, 0.2) is 24.3 Å². The number of amides is 1. The topological polar surface area (TPSA) is 78.4 Å². The lowest BCUT2D eigenvalue weighted by Crippen LogP contribution is -2.27. The number of carboxylic acid groups (broad SMARTS) is 1. The average molecular weight is 264 g/mol. The molecule has 0 saturated carbocycles. The van der Waals surface area contributed by atoms with E-state index in [9.17, 15) is 9.59 Å². The molecule has 0 atom stereocenters. The summed E-state index contributed by atoms with van der Waals surface area (Å²) in [6.07, 6.45) is 0.404. The van der Waals surface area contributed by atoms with Gasteiger partial charge in [-0.05, 0) is 17.7 Å². The number of aliphatic carboxylic acids is 1. The van der Waals surface area contributed by atoms with Gasteiger partial charge in [0, 0.05) is 24.7 Å². The normalized spacial score (nSPS) is 10.5. The Kier molecular flexibility index (Phi) is 6.02. The largest absolute Gasteiger partial charge is 0.481 e. The van der Waals surface area contributed by atoms with E-state index in [1.54, 1.807) is 24.3 Å². The molecule has 0 aliphatic carbocycles. The lowest BCUT2D eigenvalue weighted by atomic mass is 10.1. The summed E-state index contributed by atoms with van der Waals surface area (Å²) in [5.41, 5.74) is 1.40. The van der Waals surface area contributed by atoms with Gasteiger partial charge in [0.25, 0.3) is 0 Å². The van der Waals surface area contributed by atoms with Gasteiger partial charge in [0.2, 0.25) is 5.91 Å². The predicted octanol–water partition coefficient (Wildman–Crippen LogP) is 1.64. The molecule has 104 valence electrons. The van der Waals surface area contributed by atoms with E-state index in [0.717, 1.165) is 0 Å². The number of nitrogens with one attached hydrogen (secondary N) is 2. The third kappa shape index (κ3) is 6.57. The molecule has 0 fully saturated rings. The molecule has 1 aromatic carbocycles. The fourth-order valence-corrected chi connectivity index (χ4v) is 1.58. The Morgan fingerprint density at radius 1 is 1.21 bits per heavy atom. The van der Waals surface area contributed by atoms with Crippen molar-refractivity contribution >= 4 is 17.6 Å². The summed E-state index contributed by atoms with van der Waals surface area (Å²) in [5, 5.41) is 14.6. The second-order valence-electron chi connectivity index (χ2n) is 4.67. The van der Waals surface area contributed by atoms with Gasteiger partial charge in [0.1, 0.15) is 0 Å². The van der Waals surface area contributed by atoms with Crippen molar-refractivity contribution in [3.63, 3.8) is 0 Å². The van der Waals surface area contributed by atoms with E-state index in [1.165, 1.54) is 0 Å². The van der Waals surface area contributed by atoms with Crippen molar-refractivity contribution in [2.45, 2.75) is 32.7 Å². The molecular formula is C14H20N2O3. The Morgan fingerprint density at radius 2 is 1.84 bits per heavy atom. The van der Waals surface area contributed by atoms with Gasteiger partial charge in [-0.2, -0.15) is 0 Å². The maximum atomic E-state index is 11.6. The first-order chi connectivity index (χ1) is 8.97. The van der Waals surface area contributed by atoms with E-state index >= 15 is 0 Å². The number of benzene rings is 1. The van der Waals surface area contributed by atoms with Crippen molar-refractivity contribution < 1.29 is 14.7 Å². The van der Waals surface area contributed by atoms with Crippen LogP contribution >= 0.6 is 0 Å². The zero-order valence-electron chi connectivity index (χ0n) is 11.3. The van der Waals surface area contributed by atoms with E-state index in [1.807, 2.05) is 13.8 Å². The van der Waals surface area contributed by atoms with Crippen LogP contribution in [0.3, 0.4) is 0 Å². The summed E-state index contributed by atoms with van der Waals surface area (Å²) in [6.45, 7) is 4.69. The number of carbonyl (C=O) groups excluding carboxylic acids is 1. The highest BCUT2D eigenvalue weighted by Crippen LogP contribution is 2.10. The standard InChI is InChI=1S/C14H20N2O3/c1-10(2)15-8-7-13(17)16-12-5-3-11(4-6-12)9-14(18)19/h3-6,10,15H,7-9H2,1-2H3,(H,16,17)(H,18,19). The number of hydrogen-bond donors (Lipinski definition) is 3. The molecule has 0 aliphatic rings. The molecule has 5 nitrogen and oxygen atoms in total. The van der Waals surface area contributed by atoms with Crippen LogP contribution in [-0.4, -0.2) is 29.6 Å². The van der Waals surface area contributed by atoms with Crippen LogP contribution in [-0.2, 0) is 16.0 Å². The van der Waals surface area contributed by atoms with Crippen LogP contribution in [0.2, 0.25) is 0 Å². The first kappa shape index (κ1) is 15.2. The molecule has 1 amide bonds. The highest BCUT2D eigenvalue weighted by Gasteiger charge is 2.04. The quantitative estimate of drug-likeness (QED) is 0.699. The fraction of sp³-hybridized carbons (Fsp3) is 0.429. The highest BCUT2D eigenvalue weighted by atomic mass is 16.4. The van der Waals surface area contributed by atoms with Gasteiger partial charge in [-0.3, -0.25) is 9.59 Å². The van der Waals surface area contributed by atoms with E-state index in [0.29, 0.717) is 30.3 Å². The number of rotatable bonds is 7. The SMILES string of the molecule is CC(C)NCCC(=O)Nc1ccc(CC(=O)O)cc1. The van der Waals surface area contributed by atoms with Gasteiger partial charge < -0.3 is 15.7 Å². The van der Waals surface area contributed by atoms with E-state index in [4.69, 9.17) is 5.11 Å². The molecule has 19 heavy (non-hydrogen) atoms. The lowest BCUT2D eigenvalue weighted by Gasteiger charge is -2.08. The van der Waals surface area contributed by atoms with Crippen molar-refractivity contribution in [2.75, 3.05) is 11.9 Å². The second kappa shape index (κ2) is 7.53. The molecule has 0 unspecified atom stereocenters. The van der Waals surface area contributed by atoms with Gasteiger partial charge in [-0.25, -0.2) is 0 Å². The molecule has 0 radical (unpaired) electrons. The Labute approximate surface area is 113 Å². The monoisotopic (exact) mass is 264 g/mol. The molecule has 0 saturated heterocycles. The zero-order chi connectivity index (χ0) is 14.3. The highest BCUT2D eigenvalue weighted by molar-refractivity contribution is 5.90. The summed E-state index contributed by atoms with van der Waals surface area (Å²) in [4.78, 5) is 22.1. The second-order valence-corrected chi connectivity index (χ2v) is 4.67. The first-order valence-electron chi connectivity index (χ1n) is 6.31. The lowest BCUT2D eigenvalue weighted by molar-refractivity contribution is -0.136. The van der Waals surface area contributed by atoms with Gasteiger partial charge >= 0.3 is 5.97 Å². The van der Waals surface area contributed by atoms with Crippen molar-refractivity contribution in [1.82, 2.24) is 5.32 Å². The van der Waals surface area contributed by atoms with Gasteiger partial charge in [0.05, 0.1) is 6.42 Å². The van der Waals surface area contributed by atoms with Crippen LogP contribution in [0.4, 0.5) is 5.69 Å². The van der Waals surface area contributed by atoms with Crippen molar-refractivity contribution in [3.05, 3.63) is 29.8 Å². The van der Waals surface area contributed by atoms with E-state index in [2.05, 4.69) is 10.6 Å². The Morgan fingerprint density at radius 3 is 2.37 bits per heavy atom. The number of carboxylic acids is 1. The molecule has 0 bridgehead atoms. The van der Waals surface area contributed by atoms with Crippen LogP contribution in [0.5, 0.6) is 0 Å². The van der Waals surface area contributed by atoms with Crippen molar-refractivity contribution in [3.8, 4) is 0 Å². The molecule has 3 N–H and O–H groups in total. The van der Waals surface area contributed by atoms with Crippen molar-refractivity contribution in [1.29, 1.82) is 0 Å². The maximum Gasteiger partial charge on any atom is 0.307 e. The molecule has 0 heterocycles. The van der Waals surface area contributed by atoms with Gasteiger partial charge in [-0.1, -0.05) is 26.0 Å². The minimum Gasteiger partial charge on any atom is -0.481 e. The molecule has 1 aromatic rings. The maximum absolute atomic E-state index is 11.6. The fourth-order valence-electron chi connectivity index (χ4n) is 1.58. The predicted molar refractivity (Wildman–Crippen MR) is 74.2 cm³/mol. The third-order valence-electron chi connectivity index (χ3n) is 2.50. The van der Waals surface area contributed by atoms with Crippen LogP contribution in [0.1, 0.15) is 25.8 Å². The molecule has 0 aromatic heterocycles. The summed E-state index contributed by atoms with van der Waals surface area (Å²) < 4.78 is 0. The number of carbonyl (C=O) groups is 2. The Bertz CT molecular complexity index is 427. The van der Waals surface area contributed by atoms with Crippen LogP contribution in [0, 0.1) is 0 Å². The zero-order valence-corrected chi connectivity index (χ0v) is 11.3. The van der Waals surface area contributed by atoms with Gasteiger partial charge in [0.15, 0.2) is 0 Å². The van der Waals surface area contributed by atoms with E-state index < -0.39 is 5.97 Å². The van der Waals surface area contributed by atoms with Crippen LogP contribution < -0.4 is 10.6 Å². The average Bonchev–Trinajstić information content (AvgIpc) is 2.30. The Balaban J connectivity index is 2.40. The summed E-state index contributed by atoms with van der Waals surface area (Å²) in [6, 6.07) is 7.20.